The van der Waals surface area contributed by atoms with Crippen molar-refractivity contribution in [3.05, 3.63) is 59.9 Å². The predicted octanol–water partition coefficient (Wildman–Crippen LogP) is 2.95. The van der Waals surface area contributed by atoms with Crippen LogP contribution in [0.25, 0.3) is 10.9 Å². The van der Waals surface area contributed by atoms with Gasteiger partial charge in [-0.05, 0) is 36.4 Å². The van der Waals surface area contributed by atoms with Crippen molar-refractivity contribution >= 4 is 26.7 Å². The highest BCUT2D eigenvalue weighted by atomic mass is 32.2. The molecule has 10 heteroatoms. The number of nitrogens with zero attached hydrogens (tertiary/aromatic N) is 5. The molecule has 30 heavy (non-hydrogen) atoms. The van der Waals surface area contributed by atoms with Crippen molar-refractivity contribution < 1.29 is 17.2 Å². The van der Waals surface area contributed by atoms with Gasteiger partial charge in [0.15, 0.2) is 5.82 Å². The van der Waals surface area contributed by atoms with Crippen molar-refractivity contribution in [3.8, 4) is 6.07 Å². The van der Waals surface area contributed by atoms with Crippen LogP contribution in [0.5, 0.6) is 0 Å². The van der Waals surface area contributed by atoms with Crippen LogP contribution in [0, 0.1) is 11.3 Å². The lowest BCUT2D eigenvalue weighted by atomic mass is 10.2. The van der Waals surface area contributed by atoms with Crippen LogP contribution in [0.15, 0.2) is 53.4 Å². The van der Waals surface area contributed by atoms with Crippen molar-refractivity contribution in [1.82, 2.24) is 14.3 Å². The Hall–Kier alpha value is -3.16. The van der Waals surface area contributed by atoms with E-state index >= 15 is 0 Å². The predicted molar refractivity (Wildman–Crippen MR) is 107 cm³/mol. The lowest BCUT2D eigenvalue weighted by Crippen LogP contribution is -2.49. The molecule has 0 amide bonds. The minimum Gasteiger partial charge on any atom is -0.353 e. The third-order valence-electron chi connectivity index (χ3n) is 4.95. The SMILES string of the molecule is N#Cc1ccc(S(=O)(=O)N2CCN(c3nc(C(F)F)nc4ccccc34)CC2)cc1. The fourth-order valence-corrected chi connectivity index (χ4v) is 4.83. The maximum absolute atomic E-state index is 13.3. The molecule has 1 fully saturated rings. The van der Waals surface area contributed by atoms with Crippen LogP contribution in [0.4, 0.5) is 14.6 Å². The Morgan fingerprint density at radius 2 is 1.63 bits per heavy atom. The molecule has 3 aromatic rings. The van der Waals surface area contributed by atoms with Crippen LogP contribution < -0.4 is 4.90 Å². The van der Waals surface area contributed by atoms with Gasteiger partial charge in [-0.25, -0.2) is 27.2 Å². The Kier molecular flexibility index (Phi) is 5.32. The molecule has 1 aromatic heterocycles. The van der Waals surface area contributed by atoms with Crippen LogP contribution in [0.1, 0.15) is 17.8 Å². The van der Waals surface area contributed by atoms with Gasteiger partial charge in [-0.3, -0.25) is 0 Å². The molecule has 1 aliphatic rings. The summed E-state index contributed by atoms with van der Waals surface area (Å²) in [5.41, 5.74) is 0.801. The van der Waals surface area contributed by atoms with E-state index in [1.165, 1.54) is 28.6 Å². The van der Waals surface area contributed by atoms with E-state index in [2.05, 4.69) is 9.97 Å². The summed E-state index contributed by atoms with van der Waals surface area (Å²) in [6, 6.07) is 14.6. The van der Waals surface area contributed by atoms with Crippen LogP contribution >= 0.6 is 0 Å². The number of aromatic nitrogens is 2. The molecule has 4 rings (SSSR count). The van der Waals surface area contributed by atoms with Crippen molar-refractivity contribution in [2.24, 2.45) is 0 Å². The average molecular weight is 429 g/mol. The second-order valence-corrected chi connectivity index (χ2v) is 8.69. The van der Waals surface area contributed by atoms with Gasteiger partial charge >= 0.3 is 0 Å². The lowest BCUT2D eigenvalue weighted by Gasteiger charge is -2.35. The van der Waals surface area contributed by atoms with E-state index in [-0.39, 0.29) is 18.0 Å². The molecule has 7 nitrogen and oxygen atoms in total. The normalized spacial score (nSPS) is 15.5. The van der Waals surface area contributed by atoms with E-state index in [0.717, 1.165) is 0 Å². The second-order valence-electron chi connectivity index (χ2n) is 6.75. The second kappa shape index (κ2) is 7.93. The highest BCUT2D eigenvalue weighted by molar-refractivity contribution is 7.89. The van der Waals surface area contributed by atoms with Crippen LogP contribution in [-0.2, 0) is 10.0 Å². The van der Waals surface area contributed by atoms with Crippen molar-refractivity contribution in [2.75, 3.05) is 31.1 Å². The maximum Gasteiger partial charge on any atom is 0.297 e. The summed E-state index contributed by atoms with van der Waals surface area (Å²) in [6.07, 6.45) is -2.80. The molecule has 1 saturated heterocycles. The third kappa shape index (κ3) is 3.69. The largest absolute Gasteiger partial charge is 0.353 e. The average Bonchev–Trinajstić information content (AvgIpc) is 2.78. The fraction of sp³-hybridized carbons (Fsp3) is 0.250. The summed E-state index contributed by atoms with van der Waals surface area (Å²) in [5.74, 6) is -0.164. The highest BCUT2D eigenvalue weighted by Gasteiger charge is 2.30. The first kappa shape index (κ1) is 20.1. The molecule has 2 aromatic carbocycles. The summed E-state index contributed by atoms with van der Waals surface area (Å²) in [4.78, 5) is 9.90. The molecule has 0 atom stereocenters. The number of nitriles is 1. The summed E-state index contributed by atoms with van der Waals surface area (Å²) in [5, 5.41) is 9.52. The van der Waals surface area contributed by atoms with Gasteiger partial charge in [-0.2, -0.15) is 9.57 Å². The number of rotatable bonds is 4. The van der Waals surface area contributed by atoms with E-state index in [1.54, 1.807) is 29.2 Å². The number of anilines is 1. The first-order chi connectivity index (χ1) is 14.4. The minimum absolute atomic E-state index is 0.113. The maximum atomic E-state index is 13.3. The fourth-order valence-electron chi connectivity index (χ4n) is 3.41. The van der Waals surface area contributed by atoms with Crippen molar-refractivity contribution in [2.45, 2.75) is 11.3 Å². The van der Waals surface area contributed by atoms with Gasteiger partial charge in [-0.15, -0.1) is 0 Å². The zero-order chi connectivity index (χ0) is 21.3. The van der Waals surface area contributed by atoms with Crippen molar-refractivity contribution in [1.29, 1.82) is 5.26 Å². The van der Waals surface area contributed by atoms with Gasteiger partial charge in [0.2, 0.25) is 10.0 Å². The quantitative estimate of drug-likeness (QED) is 0.633. The number of hydrogen-bond donors (Lipinski definition) is 0. The molecule has 0 saturated carbocycles. The van der Waals surface area contributed by atoms with Crippen LogP contribution in [0.3, 0.4) is 0 Å². The highest BCUT2D eigenvalue weighted by Crippen LogP contribution is 2.28. The molecule has 2 heterocycles. The molecule has 0 unspecified atom stereocenters. The number of alkyl halides is 2. The number of benzene rings is 2. The monoisotopic (exact) mass is 429 g/mol. The van der Waals surface area contributed by atoms with E-state index in [9.17, 15) is 17.2 Å². The molecule has 0 spiro atoms. The van der Waals surface area contributed by atoms with Gasteiger partial charge in [0.05, 0.1) is 22.0 Å². The van der Waals surface area contributed by atoms with Gasteiger partial charge in [0.1, 0.15) is 5.82 Å². The topological polar surface area (TPSA) is 90.2 Å². The molecule has 0 N–H and O–H groups in total. The first-order valence-corrected chi connectivity index (χ1v) is 10.6. The lowest BCUT2D eigenvalue weighted by molar-refractivity contribution is 0.141. The number of para-hydroxylation sites is 1. The Morgan fingerprint density at radius 3 is 2.27 bits per heavy atom. The minimum atomic E-state index is -3.71. The Labute approximate surface area is 172 Å². The zero-order valence-electron chi connectivity index (χ0n) is 15.7. The molecule has 0 radical (unpaired) electrons. The van der Waals surface area contributed by atoms with Gasteiger partial charge in [-0.1, -0.05) is 12.1 Å². The number of sulfonamides is 1. The number of piperazine rings is 1. The molecular formula is C20H17F2N5O2S. The summed E-state index contributed by atoms with van der Waals surface area (Å²) >= 11 is 0. The Bertz CT molecular complexity index is 1220. The number of hydrogen-bond acceptors (Lipinski definition) is 6. The van der Waals surface area contributed by atoms with Crippen LogP contribution in [0.2, 0.25) is 0 Å². The van der Waals surface area contributed by atoms with E-state index in [4.69, 9.17) is 5.26 Å². The first-order valence-electron chi connectivity index (χ1n) is 9.20. The molecular weight excluding hydrogens is 412 g/mol. The molecule has 0 bridgehead atoms. The third-order valence-corrected chi connectivity index (χ3v) is 6.87. The van der Waals surface area contributed by atoms with E-state index in [1.807, 2.05) is 6.07 Å². The summed E-state index contributed by atoms with van der Waals surface area (Å²) < 4.78 is 53.6. The van der Waals surface area contributed by atoms with E-state index < -0.39 is 22.3 Å². The Balaban J connectivity index is 1.58. The van der Waals surface area contributed by atoms with Gasteiger partial charge in [0.25, 0.3) is 6.43 Å². The van der Waals surface area contributed by atoms with Crippen LogP contribution in [-0.4, -0.2) is 48.9 Å². The molecule has 154 valence electrons. The van der Waals surface area contributed by atoms with Gasteiger partial charge in [0, 0.05) is 31.6 Å². The zero-order valence-corrected chi connectivity index (χ0v) is 16.6. The van der Waals surface area contributed by atoms with E-state index in [0.29, 0.717) is 35.4 Å². The standard InChI is InChI=1S/C20H17F2N5O2S/c21-18(22)19-24-17-4-2-1-3-16(17)20(25-19)26-9-11-27(12-10-26)30(28,29)15-7-5-14(13-23)6-8-15/h1-8,18H,9-12H2. The Morgan fingerprint density at radius 1 is 0.967 bits per heavy atom. The summed E-state index contributed by atoms with van der Waals surface area (Å²) in [7, 11) is -3.71. The van der Waals surface area contributed by atoms with Crippen molar-refractivity contribution in [3.63, 3.8) is 0 Å². The smallest absolute Gasteiger partial charge is 0.297 e. The summed E-state index contributed by atoms with van der Waals surface area (Å²) in [6.45, 7) is 0.980. The molecule has 1 aliphatic heterocycles. The molecule has 0 aliphatic carbocycles. The number of halogens is 2. The number of fused-ring (bicyclic) bond motifs is 1. The van der Waals surface area contributed by atoms with Gasteiger partial charge < -0.3 is 4.90 Å².